The Bertz CT molecular complexity index is 1680. The van der Waals surface area contributed by atoms with Crippen molar-refractivity contribution in [1.29, 1.82) is 0 Å². The van der Waals surface area contributed by atoms with Crippen LogP contribution in [0.4, 0.5) is 0 Å². The van der Waals surface area contributed by atoms with E-state index in [1.54, 1.807) is 33.4 Å². The Hall–Kier alpha value is -2.55. The second kappa shape index (κ2) is 15.6. The van der Waals surface area contributed by atoms with Gasteiger partial charge in [0, 0.05) is 0 Å². The van der Waals surface area contributed by atoms with Gasteiger partial charge < -0.3 is 0 Å². The molecule has 48 heavy (non-hydrogen) atoms. The van der Waals surface area contributed by atoms with Crippen molar-refractivity contribution in [3.05, 3.63) is 129 Å². The predicted octanol–water partition coefficient (Wildman–Crippen LogP) is 13.2. The molecule has 0 fully saturated rings. The van der Waals surface area contributed by atoms with Crippen LogP contribution < -0.4 is 0 Å². The van der Waals surface area contributed by atoms with Crippen molar-refractivity contribution in [2.24, 2.45) is 11.8 Å². The summed E-state index contributed by atoms with van der Waals surface area (Å²) in [6, 6.07) is 33.2. The fourth-order valence-electron chi connectivity index (χ4n) is 8.83. The molecule has 2 heteroatoms. The van der Waals surface area contributed by atoms with E-state index in [2.05, 4.69) is 152 Å². The van der Waals surface area contributed by atoms with Crippen molar-refractivity contribution < 1.29 is 20.6 Å². The third-order valence-electron chi connectivity index (χ3n) is 10.6. The van der Waals surface area contributed by atoms with Gasteiger partial charge in [0.2, 0.25) is 0 Å². The SMILES string of the molecule is CCCC1=Cc2c(-c3ccccc3CC(C)C)cccc2[CH]1[Hf]([CH]1C(CCC)=Cc2c(-c3ccccc3CC(C)C)cccc21)[SiH](C)C. The van der Waals surface area contributed by atoms with Crippen LogP contribution in [0.25, 0.3) is 34.4 Å². The molecule has 4 aromatic carbocycles. The summed E-state index contributed by atoms with van der Waals surface area (Å²) in [6.07, 6.45) is 12.6. The molecule has 0 bridgehead atoms. The standard InChI is InChI=1S/2C22H25.C2H7Si.Hf/c2*1-4-8-17-14-19-10-7-12-21(22(19)15-17)20-11-6-5-9-18(20)13-16(2)3;1-3-2;/h2*5-7,9-12,14-16H,4,8,13H2,1-3H3;3H,1-2H3;. The Morgan fingerprint density at radius 2 is 0.938 bits per heavy atom. The average Bonchev–Trinajstić information content (AvgIpc) is 3.60. The molecule has 0 amide bonds. The Labute approximate surface area is 300 Å². The third kappa shape index (κ3) is 7.04. The molecule has 2 aliphatic rings. The van der Waals surface area contributed by atoms with E-state index in [-0.39, 0.29) is 0 Å². The van der Waals surface area contributed by atoms with Crippen LogP contribution in [0.5, 0.6) is 0 Å². The van der Waals surface area contributed by atoms with Gasteiger partial charge in [-0.25, -0.2) is 0 Å². The summed E-state index contributed by atoms with van der Waals surface area (Å²) in [5, 5.41) is 0. The second-order valence-corrected chi connectivity index (χ2v) is 43.5. The number of rotatable bonds is 13. The van der Waals surface area contributed by atoms with Crippen LogP contribution in [0.15, 0.2) is 96.1 Å². The Balaban J connectivity index is 1.50. The fraction of sp³-hybridized carbons (Fsp3) is 0.391. The van der Waals surface area contributed by atoms with Crippen LogP contribution in [0.3, 0.4) is 0 Å². The van der Waals surface area contributed by atoms with Crippen molar-refractivity contribution in [2.75, 3.05) is 0 Å². The number of allylic oxidation sites excluding steroid dienone is 2. The van der Waals surface area contributed by atoms with E-state index in [1.807, 2.05) is 0 Å². The van der Waals surface area contributed by atoms with Gasteiger partial charge in [0.25, 0.3) is 0 Å². The molecule has 0 heterocycles. The Morgan fingerprint density at radius 3 is 1.31 bits per heavy atom. The van der Waals surface area contributed by atoms with E-state index in [9.17, 15) is 0 Å². The Morgan fingerprint density at radius 1 is 0.542 bits per heavy atom. The van der Waals surface area contributed by atoms with Gasteiger partial charge in [-0.1, -0.05) is 0 Å². The molecular formula is C46H57HfSi. The van der Waals surface area contributed by atoms with Crippen LogP contribution >= 0.6 is 0 Å². The number of fused-ring (bicyclic) bond motifs is 2. The molecule has 4 aromatic rings. The molecule has 2 unspecified atom stereocenters. The first kappa shape index (κ1) is 35.3. The van der Waals surface area contributed by atoms with E-state index in [4.69, 9.17) is 0 Å². The van der Waals surface area contributed by atoms with Gasteiger partial charge in [0.1, 0.15) is 0 Å². The zero-order valence-corrected chi connectivity index (χ0v) is 35.6. The first-order valence-electron chi connectivity index (χ1n) is 18.9. The van der Waals surface area contributed by atoms with Crippen molar-refractivity contribution in [1.82, 2.24) is 0 Å². The molecule has 0 nitrogen and oxygen atoms in total. The topological polar surface area (TPSA) is 0 Å². The molecule has 249 valence electrons. The molecule has 0 aromatic heterocycles. The summed E-state index contributed by atoms with van der Waals surface area (Å²) in [5.74, 6) is 0.340. The summed E-state index contributed by atoms with van der Waals surface area (Å²) in [5.41, 5.74) is 18.8. The van der Waals surface area contributed by atoms with Gasteiger partial charge in [0.15, 0.2) is 0 Å². The fourth-order valence-corrected chi connectivity index (χ4v) is 41.3. The minimum atomic E-state index is -2.43. The van der Waals surface area contributed by atoms with Gasteiger partial charge >= 0.3 is 303 Å². The molecule has 0 spiro atoms. The van der Waals surface area contributed by atoms with Crippen molar-refractivity contribution >= 4 is 18.1 Å². The predicted molar refractivity (Wildman–Crippen MR) is 211 cm³/mol. The summed E-state index contributed by atoms with van der Waals surface area (Å²) < 4.78 is 1.39. The molecule has 0 N–H and O–H groups in total. The van der Waals surface area contributed by atoms with Crippen molar-refractivity contribution in [3.63, 3.8) is 0 Å². The summed E-state index contributed by atoms with van der Waals surface area (Å²) >= 11 is -2.43. The normalized spacial score (nSPS) is 16.8. The van der Waals surface area contributed by atoms with Crippen LogP contribution in [-0.4, -0.2) is 5.98 Å². The molecule has 2 aliphatic carbocycles. The van der Waals surface area contributed by atoms with Crippen LogP contribution in [0, 0.1) is 11.8 Å². The quantitative estimate of drug-likeness (QED) is 0.118. The molecule has 0 aliphatic heterocycles. The van der Waals surface area contributed by atoms with Gasteiger partial charge in [-0.05, 0) is 0 Å². The van der Waals surface area contributed by atoms with E-state index in [0.29, 0.717) is 19.2 Å². The third-order valence-corrected chi connectivity index (χ3v) is 41.4. The molecule has 0 radical (unpaired) electrons. The van der Waals surface area contributed by atoms with Gasteiger partial charge in [0.05, 0.1) is 0 Å². The molecule has 6 rings (SSSR count). The second-order valence-electron chi connectivity index (χ2n) is 15.6. The van der Waals surface area contributed by atoms with E-state index in [0.717, 1.165) is 12.8 Å². The molecular weight excluding hydrogens is 759 g/mol. The van der Waals surface area contributed by atoms with E-state index >= 15 is 0 Å². The zero-order chi connectivity index (χ0) is 33.9. The van der Waals surface area contributed by atoms with E-state index in [1.165, 1.54) is 59.1 Å². The molecule has 2 atom stereocenters. The molecule has 0 saturated heterocycles. The first-order chi connectivity index (χ1) is 23.2. The number of hydrogen-bond acceptors (Lipinski definition) is 0. The zero-order valence-electron chi connectivity index (χ0n) is 30.9. The van der Waals surface area contributed by atoms with Gasteiger partial charge in [-0.3, -0.25) is 0 Å². The number of hydrogen-bond donors (Lipinski definition) is 0. The Kier molecular flexibility index (Phi) is 11.4. The maximum absolute atomic E-state index is 2.73. The van der Waals surface area contributed by atoms with Crippen LogP contribution in [0.2, 0.25) is 13.1 Å². The monoisotopic (exact) mass is 817 g/mol. The summed E-state index contributed by atoms with van der Waals surface area (Å²) in [4.78, 5) is 0. The van der Waals surface area contributed by atoms with E-state index < -0.39 is 26.6 Å². The summed E-state index contributed by atoms with van der Waals surface area (Å²) in [6.45, 7) is 19.7. The van der Waals surface area contributed by atoms with Crippen molar-refractivity contribution in [2.45, 2.75) is 101 Å². The van der Waals surface area contributed by atoms with Crippen molar-refractivity contribution in [3.8, 4) is 22.3 Å². The minimum absolute atomic E-state index is 0.642. The average molecular weight is 817 g/mol. The van der Waals surface area contributed by atoms with Gasteiger partial charge in [-0.15, -0.1) is 0 Å². The maximum atomic E-state index is 2.73. The van der Waals surface area contributed by atoms with Gasteiger partial charge in [-0.2, -0.15) is 0 Å². The summed E-state index contributed by atoms with van der Waals surface area (Å²) in [7, 11) is 0. The van der Waals surface area contributed by atoms with Crippen LogP contribution in [-0.2, 0) is 33.4 Å². The molecule has 0 saturated carbocycles. The van der Waals surface area contributed by atoms with Crippen LogP contribution in [0.1, 0.15) is 108 Å². The first-order valence-corrected chi connectivity index (χ1v) is 32.2. The number of benzene rings is 4.